The lowest BCUT2D eigenvalue weighted by molar-refractivity contribution is -0.154. The van der Waals surface area contributed by atoms with Gasteiger partial charge < -0.3 is 4.74 Å². The van der Waals surface area contributed by atoms with E-state index in [0.717, 1.165) is 4.47 Å². The standard InChI is InChI=1S/C11H15BrN2O2/c1-11(2,3)16-10(15)5-4-9-13-6-8(12)7-14-9/h6-7H,4-5H2,1-3H3. The van der Waals surface area contributed by atoms with Crippen LogP contribution in [0.3, 0.4) is 0 Å². The zero-order chi connectivity index (χ0) is 12.2. The lowest BCUT2D eigenvalue weighted by atomic mass is 10.2. The summed E-state index contributed by atoms with van der Waals surface area (Å²) in [7, 11) is 0. The molecule has 0 aromatic carbocycles. The van der Waals surface area contributed by atoms with Gasteiger partial charge >= 0.3 is 5.97 Å². The molecule has 0 saturated heterocycles. The van der Waals surface area contributed by atoms with Crippen molar-refractivity contribution in [2.45, 2.75) is 39.2 Å². The molecule has 5 heteroatoms. The first kappa shape index (κ1) is 13.1. The topological polar surface area (TPSA) is 52.1 Å². The highest BCUT2D eigenvalue weighted by molar-refractivity contribution is 9.10. The van der Waals surface area contributed by atoms with Gasteiger partial charge in [0, 0.05) is 18.8 Å². The summed E-state index contributed by atoms with van der Waals surface area (Å²) in [4.78, 5) is 19.6. The van der Waals surface area contributed by atoms with Crippen LogP contribution in [0.2, 0.25) is 0 Å². The van der Waals surface area contributed by atoms with Crippen LogP contribution in [0.25, 0.3) is 0 Å². The maximum atomic E-state index is 11.4. The number of hydrogen-bond donors (Lipinski definition) is 0. The van der Waals surface area contributed by atoms with Gasteiger partial charge in [-0.05, 0) is 36.7 Å². The van der Waals surface area contributed by atoms with Crippen molar-refractivity contribution in [2.24, 2.45) is 0 Å². The van der Waals surface area contributed by atoms with E-state index in [1.807, 2.05) is 20.8 Å². The monoisotopic (exact) mass is 286 g/mol. The Bertz CT molecular complexity index is 357. The Morgan fingerprint density at radius 3 is 2.44 bits per heavy atom. The van der Waals surface area contributed by atoms with Crippen LogP contribution in [0.4, 0.5) is 0 Å². The number of carbonyl (C=O) groups excluding carboxylic acids is 1. The lowest BCUT2D eigenvalue weighted by Crippen LogP contribution is -2.24. The van der Waals surface area contributed by atoms with Gasteiger partial charge in [0.25, 0.3) is 0 Å². The molecule has 88 valence electrons. The van der Waals surface area contributed by atoms with Crippen molar-refractivity contribution in [3.63, 3.8) is 0 Å². The number of nitrogens with zero attached hydrogens (tertiary/aromatic N) is 2. The Labute approximate surface area is 104 Å². The van der Waals surface area contributed by atoms with E-state index in [4.69, 9.17) is 4.74 Å². The number of aryl methyl sites for hydroxylation is 1. The molecular formula is C11H15BrN2O2. The van der Waals surface area contributed by atoms with Crippen LogP contribution in [-0.2, 0) is 16.0 Å². The van der Waals surface area contributed by atoms with Crippen LogP contribution in [0.15, 0.2) is 16.9 Å². The van der Waals surface area contributed by atoms with E-state index in [1.165, 1.54) is 0 Å². The zero-order valence-corrected chi connectivity index (χ0v) is 11.2. The second-order valence-electron chi connectivity index (χ2n) is 4.40. The van der Waals surface area contributed by atoms with Crippen molar-refractivity contribution in [1.82, 2.24) is 9.97 Å². The van der Waals surface area contributed by atoms with Gasteiger partial charge in [0.05, 0.1) is 10.9 Å². The van der Waals surface area contributed by atoms with Crippen molar-refractivity contribution in [3.05, 3.63) is 22.7 Å². The Hall–Kier alpha value is -0.970. The van der Waals surface area contributed by atoms with Gasteiger partial charge in [-0.1, -0.05) is 0 Å². The maximum Gasteiger partial charge on any atom is 0.306 e. The predicted molar refractivity (Wildman–Crippen MR) is 63.9 cm³/mol. The first-order valence-corrected chi connectivity index (χ1v) is 5.84. The van der Waals surface area contributed by atoms with Crippen LogP contribution in [0.1, 0.15) is 33.0 Å². The number of aromatic nitrogens is 2. The summed E-state index contributed by atoms with van der Waals surface area (Å²) < 4.78 is 6.01. The van der Waals surface area contributed by atoms with Gasteiger partial charge in [-0.15, -0.1) is 0 Å². The molecule has 0 bridgehead atoms. The Morgan fingerprint density at radius 2 is 1.94 bits per heavy atom. The number of carbonyl (C=O) groups is 1. The van der Waals surface area contributed by atoms with Crippen LogP contribution in [0.5, 0.6) is 0 Å². The third-order valence-electron chi connectivity index (χ3n) is 1.65. The third kappa shape index (κ3) is 5.21. The lowest BCUT2D eigenvalue weighted by Gasteiger charge is -2.19. The molecule has 1 heterocycles. The Kier molecular flexibility index (Phi) is 4.41. The minimum absolute atomic E-state index is 0.223. The molecule has 0 atom stereocenters. The van der Waals surface area contributed by atoms with Crippen molar-refractivity contribution >= 4 is 21.9 Å². The molecule has 16 heavy (non-hydrogen) atoms. The number of ether oxygens (including phenoxy) is 1. The van der Waals surface area contributed by atoms with Crippen molar-refractivity contribution in [3.8, 4) is 0 Å². The average Bonchev–Trinajstić information content (AvgIpc) is 2.14. The summed E-state index contributed by atoms with van der Waals surface area (Å²) in [5, 5.41) is 0. The fourth-order valence-electron chi connectivity index (χ4n) is 1.07. The molecule has 0 aliphatic rings. The quantitative estimate of drug-likeness (QED) is 0.802. The molecule has 0 saturated carbocycles. The number of rotatable bonds is 3. The van der Waals surface area contributed by atoms with Crippen LogP contribution >= 0.6 is 15.9 Å². The van der Waals surface area contributed by atoms with E-state index in [2.05, 4.69) is 25.9 Å². The minimum Gasteiger partial charge on any atom is -0.460 e. The van der Waals surface area contributed by atoms with E-state index < -0.39 is 5.60 Å². The number of halogens is 1. The van der Waals surface area contributed by atoms with E-state index in [-0.39, 0.29) is 5.97 Å². The molecule has 0 fully saturated rings. The maximum absolute atomic E-state index is 11.4. The molecule has 0 N–H and O–H groups in total. The van der Waals surface area contributed by atoms with Crippen LogP contribution in [-0.4, -0.2) is 21.5 Å². The van der Waals surface area contributed by atoms with Gasteiger partial charge in [-0.2, -0.15) is 0 Å². The predicted octanol–water partition coefficient (Wildman–Crippen LogP) is 2.51. The molecule has 0 aliphatic carbocycles. The normalized spacial score (nSPS) is 11.2. The van der Waals surface area contributed by atoms with Crippen LogP contribution < -0.4 is 0 Å². The fourth-order valence-corrected chi connectivity index (χ4v) is 1.28. The molecule has 0 spiro atoms. The smallest absolute Gasteiger partial charge is 0.306 e. The highest BCUT2D eigenvalue weighted by Gasteiger charge is 2.16. The van der Waals surface area contributed by atoms with Crippen molar-refractivity contribution < 1.29 is 9.53 Å². The first-order valence-electron chi connectivity index (χ1n) is 5.05. The molecule has 0 radical (unpaired) electrons. The second kappa shape index (κ2) is 5.39. The van der Waals surface area contributed by atoms with E-state index in [1.54, 1.807) is 12.4 Å². The van der Waals surface area contributed by atoms with E-state index in [9.17, 15) is 4.79 Å². The molecule has 0 amide bonds. The average molecular weight is 287 g/mol. The highest BCUT2D eigenvalue weighted by Crippen LogP contribution is 2.10. The molecule has 0 aliphatic heterocycles. The van der Waals surface area contributed by atoms with Gasteiger partial charge in [-0.25, -0.2) is 9.97 Å². The summed E-state index contributed by atoms with van der Waals surface area (Å²) in [5.41, 5.74) is -0.433. The first-order chi connectivity index (χ1) is 7.37. The van der Waals surface area contributed by atoms with Gasteiger partial charge in [0.1, 0.15) is 11.4 Å². The number of esters is 1. The number of hydrogen-bond acceptors (Lipinski definition) is 4. The van der Waals surface area contributed by atoms with E-state index >= 15 is 0 Å². The zero-order valence-electron chi connectivity index (χ0n) is 9.66. The molecule has 1 aromatic heterocycles. The summed E-state index contributed by atoms with van der Waals surface area (Å²) in [6, 6.07) is 0. The molecule has 4 nitrogen and oxygen atoms in total. The highest BCUT2D eigenvalue weighted by atomic mass is 79.9. The van der Waals surface area contributed by atoms with Gasteiger partial charge in [0.2, 0.25) is 0 Å². The minimum atomic E-state index is -0.433. The third-order valence-corrected chi connectivity index (χ3v) is 2.06. The summed E-state index contributed by atoms with van der Waals surface area (Å²) in [6.45, 7) is 5.54. The fraction of sp³-hybridized carbons (Fsp3) is 0.545. The van der Waals surface area contributed by atoms with Crippen LogP contribution in [0, 0.1) is 0 Å². The van der Waals surface area contributed by atoms with Gasteiger partial charge in [-0.3, -0.25) is 4.79 Å². The summed E-state index contributed by atoms with van der Waals surface area (Å²) >= 11 is 3.25. The van der Waals surface area contributed by atoms with Crippen molar-refractivity contribution in [2.75, 3.05) is 0 Å². The van der Waals surface area contributed by atoms with Crippen molar-refractivity contribution in [1.29, 1.82) is 0 Å². The molecule has 1 rings (SSSR count). The molecular weight excluding hydrogens is 272 g/mol. The summed E-state index contributed by atoms with van der Waals surface area (Å²) in [5.74, 6) is 0.424. The Balaban J connectivity index is 2.40. The molecule has 1 aromatic rings. The molecule has 0 unspecified atom stereocenters. The Morgan fingerprint density at radius 1 is 1.38 bits per heavy atom. The van der Waals surface area contributed by atoms with Gasteiger partial charge in [0.15, 0.2) is 0 Å². The summed E-state index contributed by atoms with van der Waals surface area (Å²) in [6.07, 6.45) is 4.13. The largest absolute Gasteiger partial charge is 0.460 e. The SMILES string of the molecule is CC(C)(C)OC(=O)CCc1ncc(Br)cn1. The second-order valence-corrected chi connectivity index (χ2v) is 5.32. The van der Waals surface area contributed by atoms with E-state index in [0.29, 0.717) is 18.7 Å².